The van der Waals surface area contributed by atoms with Gasteiger partial charge in [-0.2, -0.15) is 5.10 Å². The summed E-state index contributed by atoms with van der Waals surface area (Å²) < 4.78 is 6.96. The van der Waals surface area contributed by atoms with Gasteiger partial charge in [-0.15, -0.1) is 5.10 Å². The Morgan fingerprint density at radius 1 is 1.13 bits per heavy atom. The zero-order valence-electron chi connectivity index (χ0n) is 17.5. The van der Waals surface area contributed by atoms with Crippen LogP contribution in [0, 0.1) is 13.8 Å². The number of benzene rings is 2. The highest BCUT2D eigenvalue weighted by atomic mass is 32.2. The molecule has 31 heavy (non-hydrogen) atoms. The van der Waals surface area contributed by atoms with Gasteiger partial charge in [-0.25, -0.2) is 9.61 Å². The molecule has 0 bridgehead atoms. The topological polar surface area (TPSA) is 89.4 Å². The van der Waals surface area contributed by atoms with E-state index in [1.165, 1.54) is 16.3 Å². The van der Waals surface area contributed by atoms with Crippen molar-refractivity contribution in [2.24, 2.45) is 0 Å². The number of H-pyrrole nitrogens is 1. The van der Waals surface area contributed by atoms with Crippen molar-refractivity contribution in [2.75, 3.05) is 12.4 Å². The summed E-state index contributed by atoms with van der Waals surface area (Å²) in [5.74, 6) is 0.967. The van der Waals surface area contributed by atoms with Crippen molar-refractivity contribution < 1.29 is 9.53 Å². The number of aromatic amines is 1. The number of nitrogens with zero attached hydrogens (tertiary/aromatic N) is 3. The maximum Gasteiger partial charge on any atom is 0.290 e. The van der Waals surface area contributed by atoms with Crippen LogP contribution in [0.2, 0.25) is 0 Å². The van der Waals surface area contributed by atoms with E-state index in [0.717, 1.165) is 22.4 Å². The first-order valence-electron chi connectivity index (χ1n) is 9.91. The van der Waals surface area contributed by atoms with Gasteiger partial charge in [-0.1, -0.05) is 35.5 Å². The van der Waals surface area contributed by atoms with E-state index in [1.54, 1.807) is 6.07 Å². The van der Waals surface area contributed by atoms with Crippen molar-refractivity contribution in [3.05, 3.63) is 75.6 Å². The summed E-state index contributed by atoms with van der Waals surface area (Å²) in [5, 5.41) is 11.6. The van der Waals surface area contributed by atoms with Crippen molar-refractivity contribution in [1.29, 1.82) is 0 Å². The SMILES string of the molecule is CCOc1ccc(-c2cc3c(=O)[nH]nc(SCC(=O)c4ccc(C)cc4C)n3n2)cc1. The maximum atomic E-state index is 12.7. The first kappa shape index (κ1) is 20.9. The van der Waals surface area contributed by atoms with Gasteiger partial charge in [0.25, 0.3) is 5.56 Å². The molecule has 158 valence electrons. The van der Waals surface area contributed by atoms with Gasteiger partial charge in [-0.3, -0.25) is 9.59 Å². The first-order valence-corrected chi connectivity index (χ1v) is 10.9. The largest absolute Gasteiger partial charge is 0.494 e. The second-order valence-electron chi connectivity index (χ2n) is 7.15. The highest BCUT2D eigenvalue weighted by Gasteiger charge is 2.15. The zero-order valence-corrected chi connectivity index (χ0v) is 18.3. The van der Waals surface area contributed by atoms with Crippen molar-refractivity contribution in [1.82, 2.24) is 19.8 Å². The highest BCUT2D eigenvalue weighted by Crippen LogP contribution is 2.24. The van der Waals surface area contributed by atoms with Crippen LogP contribution < -0.4 is 10.3 Å². The molecule has 2 heterocycles. The lowest BCUT2D eigenvalue weighted by Crippen LogP contribution is -2.15. The van der Waals surface area contributed by atoms with Crippen LogP contribution in [0.4, 0.5) is 0 Å². The quantitative estimate of drug-likeness (QED) is 0.348. The summed E-state index contributed by atoms with van der Waals surface area (Å²) in [7, 11) is 0. The summed E-state index contributed by atoms with van der Waals surface area (Å²) in [5.41, 5.74) is 4.29. The predicted octanol–water partition coefficient (Wildman–Crippen LogP) is 4.08. The van der Waals surface area contributed by atoms with Crippen molar-refractivity contribution in [3.63, 3.8) is 0 Å². The van der Waals surface area contributed by atoms with E-state index in [1.807, 2.05) is 63.2 Å². The number of ether oxygens (including phenoxy) is 1. The average Bonchev–Trinajstić information content (AvgIpc) is 3.20. The van der Waals surface area contributed by atoms with Crippen LogP contribution in [0.1, 0.15) is 28.4 Å². The Balaban J connectivity index is 1.60. The maximum absolute atomic E-state index is 12.7. The monoisotopic (exact) mass is 434 g/mol. The molecule has 8 heteroatoms. The predicted molar refractivity (Wildman–Crippen MR) is 121 cm³/mol. The molecule has 0 aliphatic heterocycles. The van der Waals surface area contributed by atoms with E-state index in [4.69, 9.17) is 4.74 Å². The van der Waals surface area contributed by atoms with Crippen LogP contribution in [0.3, 0.4) is 0 Å². The van der Waals surface area contributed by atoms with Crippen LogP contribution >= 0.6 is 11.8 Å². The molecular weight excluding hydrogens is 412 g/mol. The Hall–Kier alpha value is -3.39. The summed E-state index contributed by atoms with van der Waals surface area (Å²) in [6.45, 7) is 6.45. The molecule has 2 aromatic heterocycles. The molecule has 0 spiro atoms. The molecule has 0 aliphatic rings. The van der Waals surface area contributed by atoms with E-state index in [-0.39, 0.29) is 17.1 Å². The average molecular weight is 435 g/mol. The fourth-order valence-corrected chi connectivity index (χ4v) is 4.14. The van der Waals surface area contributed by atoms with E-state index in [9.17, 15) is 9.59 Å². The Kier molecular flexibility index (Phi) is 5.90. The van der Waals surface area contributed by atoms with Gasteiger partial charge in [0.15, 0.2) is 5.78 Å². The van der Waals surface area contributed by atoms with Crippen molar-refractivity contribution in [3.8, 4) is 17.0 Å². The summed E-state index contributed by atoms with van der Waals surface area (Å²) >= 11 is 1.24. The minimum absolute atomic E-state index is 0.00235. The molecule has 0 amide bonds. The Morgan fingerprint density at radius 2 is 1.90 bits per heavy atom. The third-order valence-corrected chi connectivity index (χ3v) is 5.78. The number of carbonyl (C=O) groups is 1. The van der Waals surface area contributed by atoms with Crippen LogP contribution in [0.15, 0.2) is 58.5 Å². The van der Waals surface area contributed by atoms with Gasteiger partial charge in [0.2, 0.25) is 5.16 Å². The smallest absolute Gasteiger partial charge is 0.290 e. The van der Waals surface area contributed by atoms with Crippen LogP contribution in [0.25, 0.3) is 16.8 Å². The molecule has 0 fully saturated rings. The molecule has 0 saturated carbocycles. The third kappa shape index (κ3) is 4.39. The molecule has 0 saturated heterocycles. The molecule has 1 N–H and O–H groups in total. The molecular formula is C23H22N4O3S. The van der Waals surface area contributed by atoms with Crippen LogP contribution in [0.5, 0.6) is 5.75 Å². The number of carbonyl (C=O) groups excluding carboxylic acids is 1. The van der Waals surface area contributed by atoms with Crippen molar-refractivity contribution >= 4 is 23.1 Å². The molecule has 4 rings (SSSR count). The van der Waals surface area contributed by atoms with Crippen LogP contribution in [-0.4, -0.2) is 38.0 Å². The summed E-state index contributed by atoms with van der Waals surface area (Å²) in [6.07, 6.45) is 0. The summed E-state index contributed by atoms with van der Waals surface area (Å²) in [4.78, 5) is 25.0. The first-order chi connectivity index (χ1) is 15.0. The number of aromatic nitrogens is 4. The fourth-order valence-electron chi connectivity index (χ4n) is 3.35. The number of fused-ring (bicyclic) bond motifs is 1. The highest BCUT2D eigenvalue weighted by molar-refractivity contribution is 7.99. The third-order valence-electron chi connectivity index (χ3n) is 4.85. The van der Waals surface area contributed by atoms with Gasteiger partial charge >= 0.3 is 0 Å². The number of thioether (sulfide) groups is 1. The number of ketones is 1. The lowest BCUT2D eigenvalue weighted by molar-refractivity contribution is 0.102. The minimum atomic E-state index is -0.338. The van der Waals surface area contributed by atoms with Crippen molar-refractivity contribution in [2.45, 2.75) is 25.9 Å². The Bertz CT molecular complexity index is 1310. The van der Waals surface area contributed by atoms with E-state index in [2.05, 4.69) is 15.3 Å². The number of rotatable bonds is 7. The molecule has 0 radical (unpaired) electrons. The van der Waals surface area contributed by atoms with Crippen LogP contribution in [-0.2, 0) is 0 Å². The van der Waals surface area contributed by atoms with Gasteiger partial charge in [0, 0.05) is 11.1 Å². The Morgan fingerprint density at radius 3 is 2.61 bits per heavy atom. The minimum Gasteiger partial charge on any atom is -0.494 e. The number of nitrogens with one attached hydrogen (secondary N) is 1. The van der Waals surface area contributed by atoms with E-state index in [0.29, 0.717) is 28.5 Å². The number of hydrogen-bond donors (Lipinski definition) is 1. The number of Topliss-reactive ketones (excluding diaryl/α,β-unsaturated/α-hetero) is 1. The lowest BCUT2D eigenvalue weighted by Gasteiger charge is -2.06. The Labute approximate surface area is 183 Å². The standard InChI is InChI=1S/C23H22N4O3S/c1-4-30-17-8-6-16(7-9-17)19-12-20-22(29)24-25-23(27(20)26-19)31-13-21(28)18-10-5-14(2)11-15(18)3/h5-12H,4,13H2,1-3H3,(H,24,29). The molecule has 4 aromatic rings. The molecule has 0 atom stereocenters. The van der Waals surface area contributed by atoms with Gasteiger partial charge < -0.3 is 4.74 Å². The van der Waals surface area contributed by atoms with Gasteiger partial charge in [-0.05, 0) is 56.7 Å². The molecule has 7 nitrogen and oxygen atoms in total. The number of hydrogen-bond acceptors (Lipinski definition) is 6. The lowest BCUT2D eigenvalue weighted by atomic mass is 10.0. The second-order valence-corrected chi connectivity index (χ2v) is 8.09. The second kappa shape index (κ2) is 8.77. The van der Waals surface area contributed by atoms with Gasteiger partial charge in [0.1, 0.15) is 11.3 Å². The number of aryl methyl sites for hydroxylation is 2. The molecule has 0 aliphatic carbocycles. The zero-order chi connectivity index (χ0) is 22.0. The summed E-state index contributed by atoms with van der Waals surface area (Å²) in [6, 6.07) is 15.0. The van der Waals surface area contributed by atoms with Gasteiger partial charge in [0.05, 0.1) is 18.1 Å². The van der Waals surface area contributed by atoms with E-state index < -0.39 is 0 Å². The molecule has 2 aromatic carbocycles. The van der Waals surface area contributed by atoms with E-state index >= 15 is 0 Å². The fraction of sp³-hybridized carbons (Fsp3) is 0.217. The normalized spacial score (nSPS) is 11.1. The molecule has 0 unspecified atom stereocenters.